The molecule has 2 aromatic carbocycles. The molecule has 0 heterocycles. The fraction of sp³-hybridized carbons (Fsp3) is 0.400. The van der Waals surface area contributed by atoms with Gasteiger partial charge in [0, 0.05) is 41.4 Å². The van der Waals surface area contributed by atoms with Gasteiger partial charge >= 0.3 is 0 Å². The Bertz CT molecular complexity index is 695. The highest BCUT2D eigenvalue weighted by Crippen LogP contribution is 2.34. The van der Waals surface area contributed by atoms with Crippen molar-refractivity contribution in [2.45, 2.75) is 26.5 Å². The second-order valence-electron chi connectivity index (χ2n) is 5.70. The van der Waals surface area contributed by atoms with Gasteiger partial charge in [-0.2, -0.15) is 0 Å². The molecule has 0 saturated carbocycles. The topological polar surface area (TPSA) is 39.7 Å². The Morgan fingerprint density at radius 2 is 1.81 bits per heavy atom. The molecule has 2 aromatic rings. The van der Waals surface area contributed by atoms with Crippen molar-refractivity contribution in [3.05, 3.63) is 57.6 Å². The fourth-order valence-electron chi connectivity index (χ4n) is 2.42. The third-order valence-electron chi connectivity index (χ3n) is 3.84. The molecule has 2 rings (SSSR count). The first-order valence-electron chi connectivity index (χ1n) is 8.66. The average molecular weight is 398 g/mol. The standard InChI is InChI=1S/C20H25Cl2NO3/c1-3-25-10-6-9-23-13-16-11-19(24-2)20(12-18(16)22)26-14-15-7-4-5-8-17(15)21/h4-5,7-8,11-12,23H,3,6,9-10,13-14H2,1-2H3. The van der Waals surface area contributed by atoms with Crippen LogP contribution in [0.25, 0.3) is 0 Å². The lowest BCUT2D eigenvalue weighted by Crippen LogP contribution is -2.16. The van der Waals surface area contributed by atoms with Gasteiger partial charge in [-0.3, -0.25) is 0 Å². The van der Waals surface area contributed by atoms with Gasteiger partial charge in [0.15, 0.2) is 11.5 Å². The van der Waals surface area contributed by atoms with E-state index in [1.165, 1.54) is 0 Å². The van der Waals surface area contributed by atoms with Crippen molar-refractivity contribution in [3.8, 4) is 11.5 Å². The van der Waals surface area contributed by atoms with E-state index in [2.05, 4.69) is 5.32 Å². The van der Waals surface area contributed by atoms with Crippen molar-refractivity contribution in [2.24, 2.45) is 0 Å². The number of halogens is 2. The highest BCUT2D eigenvalue weighted by molar-refractivity contribution is 6.31. The quantitative estimate of drug-likeness (QED) is 0.535. The van der Waals surface area contributed by atoms with Crippen LogP contribution in [-0.4, -0.2) is 26.9 Å². The van der Waals surface area contributed by atoms with Gasteiger partial charge in [0.2, 0.25) is 0 Å². The summed E-state index contributed by atoms with van der Waals surface area (Å²) in [5.41, 5.74) is 1.87. The maximum Gasteiger partial charge on any atom is 0.163 e. The third-order valence-corrected chi connectivity index (χ3v) is 4.56. The van der Waals surface area contributed by atoms with Gasteiger partial charge in [0.1, 0.15) is 6.61 Å². The molecular formula is C20H25Cl2NO3. The van der Waals surface area contributed by atoms with Gasteiger partial charge < -0.3 is 19.5 Å². The molecule has 4 nitrogen and oxygen atoms in total. The summed E-state index contributed by atoms with van der Waals surface area (Å²) in [6.45, 7) is 5.37. The molecule has 0 aliphatic rings. The number of nitrogens with one attached hydrogen (secondary N) is 1. The second kappa shape index (κ2) is 11.3. The fourth-order valence-corrected chi connectivity index (χ4v) is 2.83. The first kappa shape index (κ1) is 20.8. The van der Waals surface area contributed by atoms with E-state index in [-0.39, 0.29) is 0 Å². The first-order chi connectivity index (χ1) is 12.7. The number of rotatable bonds is 11. The molecule has 0 aromatic heterocycles. The van der Waals surface area contributed by atoms with Gasteiger partial charge in [-0.1, -0.05) is 41.4 Å². The van der Waals surface area contributed by atoms with E-state index < -0.39 is 0 Å². The van der Waals surface area contributed by atoms with Crippen LogP contribution < -0.4 is 14.8 Å². The lowest BCUT2D eigenvalue weighted by atomic mass is 10.2. The van der Waals surface area contributed by atoms with E-state index in [4.69, 9.17) is 37.4 Å². The summed E-state index contributed by atoms with van der Waals surface area (Å²) < 4.78 is 16.6. The summed E-state index contributed by atoms with van der Waals surface area (Å²) in [5.74, 6) is 1.24. The zero-order valence-electron chi connectivity index (χ0n) is 15.2. The molecule has 0 fully saturated rings. The van der Waals surface area contributed by atoms with Crippen LogP contribution >= 0.6 is 23.2 Å². The molecule has 0 aliphatic heterocycles. The number of ether oxygens (including phenoxy) is 3. The first-order valence-corrected chi connectivity index (χ1v) is 9.42. The number of hydrogen-bond donors (Lipinski definition) is 1. The van der Waals surface area contributed by atoms with Gasteiger partial charge in [-0.15, -0.1) is 0 Å². The summed E-state index contributed by atoms with van der Waals surface area (Å²) in [5, 5.41) is 4.67. The van der Waals surface area contributed by atoms with E-state index >= 15 is 0 Å². The monoisotopic (exact) mass is 397 g/mol. The van der Waals surface area contributed by atoms with Gasteiger partial charge in [0.25, 0.3) is 0 Å². The summed E-state index contributed by atoms with van der Waals surface area (Å²) >= 11 is 12.6. The molecule has 1 N–H and O–H groups in total. The number of methoxy groups -OCH3 is 1. The lowest BCUT2D eigenvalue weighted by Gasteiger charge is -2.15. The second-order valence-corrected chi connectivity index (χ2v) is 6.52. The molecule has 0 saturated heterocycles. The summed E-state index contributed by atoms with van der Waals surface area (Å²) in [4.78, 5) is 0. The molecule has 0 radical (unpaired) electrons. The van der Waals surface area contributed by atoms with E-state index in [0.717, 1.165) is 37.3 Å². The van der Waals surface area contributed by atoms with E-state index in [1.807, 2.05) is 37.3 Å². The minimum atomic E-state index is 0.349. The van der Waals surface area contributed by atoms with E-state index in [9.17, 15) is 0 Å². The van der Waals surface area contributed by atoms with Crippen LogP contribution in [0, 0.1) is 0 Å². The predicted octanol–water partition coefficient (Wildman–Crippen LogP) is 5.10. The van der Waals surface area contributed by atoms with Crippen molar-refractivity contribution in [1.82, 2.24) is 5.32 Å². The predicted molar refractivity (Wildman–Crippen MR) is 107 cm³/mol. The van der Waals surface area contributed by atoms with Crippen molar-refractivity contribution in [1.29, 1.82) is 0 Å². The Balaban J connectivity index is 1.96. The average Bonchev–Trinajstić information content (AvgIpc) is 2.65. The molecule has 0 spiro atoms. The van der Waals surface area contributed by atoms with Crippen LogP contribution in [0.15, 0.2) is 36.4 Å². The van der Waals surface area contributed by atoms with Gasteiger partial charge in [0.05, 0.1) is 7.11 Å². The minimum Gasteiger partial charge on any atom is -0.493 e. The van der Waals surface area contributed by atoms with Crippen LogP contribution in [0.3, 0.4) is 0 Å². The van der Waals surface area contributed by atoms with Crippen LogP contribution in [-0.2, 0) is 17.9 Å². The Hall–Kier alpha value is -1.46. The highest BCUT2D eigenvalue weighted by atomic mass is 35.5. The third kappa shape index (κ3) is 6.36. The minimum absolute atomic E-state index is 0.349. The zero-order valence-corrected chi connectivity index (χ0v) is 16.7. The van der Waals surface area contributed by atoms with Gasteiger partial charge in [-0.05, 0) is 37.6 Å². The Kier molecular flexibility index (Phi) is 9.06. The molecule has 0 atom stereocenters. The largest absolute Gasteiger partial charge is 0.493 e. The van der Waals surface area contributed by atoms with Crippen molar-refractivity contribution in [2.75, 3.05) is 26.9 Å². The molecule has 0 amide bonds. The normalized spacial score (nSPS) is 10.8. The molecule has 0 aliphatic carbocycles. The molecule has 26 heavy (non-hydrogen) atoms. The Morgan fingerprint density at radius 3 is 2.54 bits per heavy atom. The Labute approximate surface area is 165 Å². The smallest absolute Gasteiger partial charge is 0.163 e. The lowest BCUT2D eigenvalue weighted by molar-refractivity contribution is 0.144. The SMILES string of the molecule is CCOCCCNCc1cc(OC)c(OCc2ccccc2Cl)cc1Cl. The maximum absolute atomic E-state index is 6.41. The zero-order chi connectivity index (χ0) is 18.8. The molecule has 0 bridgehead atoms. The van der Waals surface area contributed by atoms with Crippen molar-refractivity contribution >= 4 is 23.2 Å². The summed E-state index contributed by atoms with van der Waals surface area (Å²) in [7, 11) is 1.62. The van der Waals surface area contributed by atoms with Crippen LogP contribution in [0.2, 0.25) is 10.0 Å². The molecular weight excluding hydrogens is 373 g/mol. The molecule has 142 valence electrons. The summed E-state index contributed by atoms with van der Waals surface area (Å²) in [6, 6.07) is 11.3. The van der Waals surface area contributed by atoms with Crippen molar-refractivity contribution in [3.63, 3.8) is 0 Å². The van der Waals surface area contributed by atoms with Gasteiger partial charge in [-0.25, -0.2) is 0 Å². The van der Waals surface area contributed by atoms with Crippen LogP contribution in [0.1, 0.15) is 24.5 Å². The highest BCUT2D eigenvalue weighted by Gasteiger charge is 2.11. The van der Waals surface area contributed by atoms with Crippen molar-refractivity contribution < 1.29 is 14.2 Å². The van der Waals surface area contributed by atoms with E-state index in [0.29, 0.717) is 34.7 Å². The van der Waals surface area contributed by atoms with Crippen LogP contribution in [0.4, 0.5) is 0 Å². The number of hydrogen-bond acceptors (Lipinski definition) is 4. The maximum atomic E-state index is 6.41. The number of benzene rings is 2. The van der Waals surface area contributed by atoms with E-state index in [1.54, 1.807) is 13.2 Å². The van der Waals surface area contributed by atoms with Crippen LogP contribution in [0.5, 0.6) is 11.5 Å². The Morgan fingerprint density at radius 1 is 1.00 bits per heavy atom. The summed E-state index contributed by atoms with van der Waals surface area (Å²) in [6.07, 6.45) is 0.960. The molecule has 6 heteroatoms. The molecule has 0 unspecified atom stereocenters.